The summed E-state index contributed by atoms with van der Waals surface area (Å²) in [6.07, 6.45) is 0. The summed E-state index contributed by atoms with van der Waals surface area (Å²) < 4.78 is 40.3. The van der Waals surface area contributed by atoms with E-state index in [-0.39, 0.29) is 25.6 Å². The summed E-state index contributed by atoms with van der Waals surface area (Å²) in [7, 11) is -3.79. The van der Waals surface area contributed by atoms with Gasteiger partial charge in [-0.25, -0.2) is 8.96 Å². The van der Waals surface area contributed by atoms with Gasteiger partial charge in [-0.1, -0.05) is 6.07 Å². The number of aliphatic hydroxyl groups excluding tert-OH is 1. The van der Waals surface area contributed by atoms with E-state index in [4.69, 9.17) is 18.7 Å². The first-order valence-electron chi connectivity index (χ1n) is 5.52. The molecule has 5 nitrogen and oxygen atoms in total. The first-order valence-corrected chi connectivity index (χ1v) is 6.98. The van der Waals surface area contributed by atoms with Crippen LogP contribution in [0.4, 0.5) is 4.39 Å². The Hall–Kier alpha value is -0.940. The fourth-order valence-corrected chi connectivity index (χ4v) is 2.44. The quantitative estimate of drug-likeness (QED) is 0.777. The first kappa shape index (κ1) is 15.1. The van der Waals surface area contributed by atoms with Gasteiger partial charge in [0.15, 0.2) is 11.6 Å². The molecule has 0 bridgehead atoms. The molecule has 0 saturated carbocycles. The van der Waals surface area contributed by atoms with Gasteiger partial charge in [0.2, 0.25) is 0 Å². The lowest BCUT2D eigenvalue weighted by atomic mass is 10.2. The van der Waals surface area contributed by atoms with Crippen molar-refractivity contribution in [1.29, 1.82) is 0 Å². The maximum absolute atomic E-state index is 13.6. The Morgan fingerprint density at radius 2 is 1.89 bits per heavy atom. The van der Waals surface area contributed by atoms with Crippen molar-refractivity contribution in [2.75, 3.05) is 13.2 Å². The Labute approximate surface area is 105 Å². The zero-order chi connectivity index (χ0) is 13.6. The monoisotopic (exact) mass is 278 g/mol. The van der Waals surface area contributed by atoms with Gasteiger partial charge in [-0.15, -0.1) is 0 Å². The highest BCUT2D eigenvalue weighted by molar-refractivity contribution is 7.48. The number of hydrogen-bond acceptors (Lipinski definition) is 5. The first-order chi connectivity index (χ1) is 8.54. The van der Waals surface area contributed by atoms with Crippen molar-refractivity contribution in [3.05, 3.63) is 29.6 Å². The summed E-state index contributed by atoms with van der Waals surface area (Å²) in [5.41, 5.74) is 0.391. The Morgan fingerprint density at radius 3 is 2.33 bits per heavy atom. The zero-order valence-corrected chi connectivity index (χ0v) is 11.2. The van der Waals surface area contributed by atoms with E-state index < -0.39 is 13.6 Å². The third-order valence-electron chi connectivity index (χ3n) is 1.96. The molecule has 0 aliphatic carbocycles. The van der Waals surface area contributed by atoms with Crippen LogP contribution in [0.1, 0.15) is 19.4 Å². The third-order valence-corrected chi connectivity index (χ3v) is 3.53. The van der Waals surface area contributed by atoms with E-state index in [1.54, 1.807) is 13.8 Å². The molecule has 0 saturated heterocycles. The van der Waals surface area contributed by atoms with E-state index in [9.17, 15) is 8.96 Å². The van der Waals surface area contributed by atoms with Gasteiger partial charge in [0.25, 0.3) is 0 Å². The van der Waals surface area contributed by atoms with Crippen LogP contribution in [-0.2, 0) is 20.2 Å². The van der Waals surface area contributed by atoms with Crippen molar-refractivity contribution in [3.8, 4) is 5.75 Å². The van der Waals surface area contributed by atoms with Crippen LogP contribution in [0.15, 0.2) is 18.2 Å². The Morgan fingerprint density at radius 1 is 1.28 bits per heavy atom. The van der Waals surface area contributed by atoms with E-state index in [1.807, 2.05) is 0 Å². The molecule has 7 heteroatoms. The summed E-state index contributed by atoms with van der Waals surface area (Å²) >= 11 is 0. The lowest BCUT2D eigenvalue weighted by Gasteiger charge is -2.17. The summed E-state index contributed by atoms with van der Waals surface area (Å²) in [4.78, 5) is 0. The second kappa shape index (κ2) is 6.85. The number of benzene rings is 1. The topological polar surface area (TPSA) is 65.0 Å². The number of phosphoric ester groups is 1. The molecular formula is C11H16FO5P. The summed E-state index contributed by atoms with van der Waals surface area (Å²) in [5.74, 6) is -0.974. The molecule has 0 atom stereocenters. The van der Waals surface area contributed by atoms with Crippen molar-refractivity contribution >= 4 is 7.82 Å². The second-order valence-electron chi connectivity index (χ2n) is 3.30. The predicted molar refractivity (Wildman–Crippen MR) is 63.8 cm³/mol. The molecule has 0 unspecified atom stereocenters. The van der Waals surface area contributed by atoms with Crippen LogP contribution in [0.25, 0.3) is 0 Å². The minimum absolute atomic E-state index is 0.119. The minimum atomic E-state index is -3.79. The molecule has 0 radical (unpaired) electrons. The second-order valence-corrected chi connectivity index (χ2v) is 4.89. The fourth-order valence-electron chi connectivity index (χ4n) is 1.24. The maximum Gasteiger partial charge on any atom is 0.530 e. The largest absolute Gasteiger partial charge is 0.530 e. The molecule has 1 rings (SSSR count). The third kappa shape index (κ3) is 4.07. The van der Waals surface area contributed by atoms with E-state index >= 15 is 0 Å². The van der Waals surface area contributed by atoms with Crippen LogP contribution >= 0.6 is 7.82 Å². The van der Waals surface area contributed by atoms with Crippen LogP contribution < -0.4 is 4.52 Å². The van der Waals surface area contributed by atoms with E-state index in [0.717, 1.165) is 6.07 Å². The highest BCUT2D eigenvalue weighted by Crippen LogP contribution is 2.49. The lowest BCUT2D eigenvalue weighted by Crippen LogP contribution is -2.03. The van der Waals surface area contributed by atoms with Gasteiger partial charge in [0, 0.05) is 0 Å². The fraction of sp³-hybridized carbons (Fsp3) is 0.455. The molecule has 1 N–H and O–H groups in total. The molecule has 0 heterocycles. The molecule has 1 aromatic carbocycles. The smallest absolute Gasteiger partial charge is 0.401 e. The number of phosphoric acid groups is 1. The maximum atomic E-state index is 13.6. The minimum Gasteiger partial charge on any atom is -0.401 e. The molecule has 0 spiro atoms. The van der Waals surface area contributed by atoms with E-state index in [1.165, 1.54) is 12.1 Å². The van der Waals surface area contributed by atoms with Crippen LogP contribution in [0.3, 0.4) is 0 Å². The molecule has 102 valence electrons. The molecule has 0 fully saturated rings. The highest BCUT2D eigenvalue weighted by atomic mass is 31.2. The molecule has 0 aromatic heterocycles. The van der Waals surface area contributed by atoms with Crippen LogP contribution in [0.5, 0.6) is 5.75 Å². The average Bonchev–Trinajstić information content (AvgIpc) is 2.32. The molecular weight excluding hydrogens is 262 g/mol. The Balaban J connectivity index is 2.90. The van der Waals surface area contributed by atoms with Crippen molar-refractivity contribution < 1.29 is 27.6 Å². The Bertz CT molecular complexity index is 427. The zero-order valence-electron chi connectivity index (χ0n) is 10.3. The van der Waals surface area contributed by atoms with Gasteiger partial charge in [-0.05, 0) is 31.5 Å². The predicted octanol–water partition coefficient (Wildman–Crippen LogP) is 2.88. The lowest BCUT2D eigenvalue weighted by molar-refractivity contribution is 0.165. The molecule has 1 aromatic rings. The normalized spacial score (nSPS) is 11.6. The summed E-state index contributed by atoms with van der Waals surface area (Å²) in [6.45, 7) is 3.20. The van der Waals surface area contributed by atoms with E-state index in [0.29, 0.717) is 5.56 Å². The number of halogens is 1. The van der Waals surface area contributed by atoms with Gasteiger partial charge in [-0.2, -0.15) is 0 Å². The Kier molecular flexibility index (Phi) is 5.75. The molecule has 0 aliphatic heterocycles. The summed E-state index contributed by atoms with van der Waals surface area (Å²) in [5, 5.41) is 8.84. The SMILES string of the molecule is CCOP(=O)(OCC)Oc1ccc(CO)cc1F. The van der Waals surface area contributed by atoms with Crippen molar-refractivity contribution in [1.82, 2.24) is 0 Å². The summed E-state index contributed by atoms with van der Waals surface area (Å²) in [6, 6.07) is 3.82. The van der Waals surface area contributed by atoms with Gasteiger partial charge in [0.05, 0.1) is 19.8 Å². The number of rotatable bonds is 7. The number of aliphatic hydroxyl groups is 1. The van der Waals surface area contributed by atoms with Crippen molar-refractivity contribution in [2.45, 2.75) is 20.5 Å². The molecule has 0 aliphatic rings. The standard InChI is InChI=1S/C11H16FO5P/c1-3-15-18(14,16-4-2)17-11-6-5-9(8-13)7-10(11)12/h5-7,13H,3-4,8H2,1-2H3. The highest BCUT2D eigenvalue weighted by Gasteiger charge is 2.28. The van der Waals surface area contributed by atoms with Crippen molar-refractivity contribution in [3.63, 3.8) is 0 Å². The molecule has 18 heavy (non-hydrogen) atoms. The van der Waals surface area contributed by atoms with Crippen LogP contribution in [0, 0.1) is 5.82 Å². The molecule has 0 amide bonds. The van der Waals surface area contributed by atoms with Crippen LogP contribution in [0.2, 0.25) is 0 Å². The van der Waals surface area contributed by atoms with Gasteiger partial charge < -0.3 is 9.63 Å². The number of hydrogen-bond donors (Lipinski definition) is 1. The van der Waals surface area contributed by atoms with Gasteiger partial charge in [-0.3, -0.25) is 9.05 Å². The van der Waals surface area contributed by atoms with E-state index in [2.05, 4.69) is 0 Å². The van der Waals surface area contributed by atoms with Crippen LogP contribution in [-0.4, -0.2) is 18.3 Å². The van der Waals surface area contributed by atoms with Gasteiger partial charge in [0.1, 0.15) is 0 Å². The average molecular weight is 278 g/mol. The van der Waals surface area contributed by atoms with Gasteiger partial charge >= 0.3 is 7.82 Å². The van der Waals surface area contributed by atoms with Crippen molar-refractivity contribution in [2.24, 2.45) is 0 Å².